The molecule has 1 aromatic rings. The number of sulfonamides is 1. The highest BCUT2D eigenvalue weighted by molar-refractivity contribution is 7.89. The second-order valence-corrected chi connectivity index (χ2v) is 6.54. The van der Waals surface area contributed by atoms with Gasteiger partial charge in [-0.15, -0.1) is 0 Å². The fourth-order valence-electron chi connectivity index (χ4n) is 1.51. The molecule has 2 N–H and O–H groups in total. The molecule has 0 fully saturated rings. The van der Waals surface area contributed by atoms with Crippen molar-refractivity contribution in [3.63, 3.8) is 0 Å². The standard InChI is InChI=1S/C11H17ClN2O3S/c1-3-5-11(2,15)8-14-18(16,17)9-4-6-13-10(12)7-9/h4,6-7,14-15H,3,5,8H2,1-2H3. The average molecular weight is 293 g/mol. The van der Waals surface area contributed by atoms with Gasteiger partial charge in [0, 0.05) is 12.7 Å². The zero-order valence-electron chi connectivity index (χ0n) is 10.4. The Balaban J connectivity index is 2.78. The average Bonchev–Trinajstić information content (AvgIpc) is 2.27. The fraction of sp³-hybridized carbons (Fsp3) is 0.545. The van der Waals surface area contributed by atoms with E-state index in [-0.39, 0.29) is 16.6 Å². The molecule has 0 aliphatic rings. The van der Waals surface area contributed by atoms with Crippen LogP contribution in [0.3, 0.4) is 0 Å². The monoisotopic (exact) mass is 292 g/mol. The Hall–Kier alpha value is -0.690. The van der Waals surface area contributed by atoms with E-state index in [4.69, 9.17) is 11.6 Å². The van der Waals surface area contributed by atoms with Crippen LogP contribution in [0.25, 0.3) is 0 Å². The molecule has 0 bridgehead atoms. The Labute approximate surface area is 112 Å². The van der Waals surface area contributed by atoms with Crippen molar-refractivity contribution < 1.29 is 13.5 Å². The molecule has 5 nitrogen and oxygen atoms in total. The first-order valence-corrected chi connectivity index (χ1v) is 7.46. The minimum Gasteiger partial charge on any atom is -0.389 e. The van der Waals surface area contributed by atoms with E-state index in [1.807, 2.05) is 6.92 Å². The van der Waals surface area contributed by atoms with Crippen molar-refractivity contribution in [3.05, 3.63) is 23.5 Å². The molecule has 0 radical (unpaired) electrons. The van der Waals surface area contributed by atoms with Gasteiger partial charge in [0.25, 0.3) is 0 Å². The summed E-state index contributed by atoms with van der Waals surface area (Å²) < 4.78 is 26.2. The number of nitrogens with one attached hydrogen (secondary N) is 1. The van der Waals surface area contributed by atoms with Crippen LogP contribution in [0.2, 0.25) is 5.15 Å². The smallest absolute Gasteiger partial charge is 0.240 e. The molecule has 1 heterocycles. The minimum atomic E-state index is -3.67. The molecule has 0 amide bonds. The zero-order valence-corrected chi connectivity index (χ0v) is 11.9. The maximum atomic E-state index is 11.9. The summed E-state index contributed by atoms with van der Waals surface area (Å²) >= 11 is 5.64. The molecule has 0 aliphatic heterocycles. The maximum Gasteiger partial charge on any atom is 0.240 e. The SMILES string of the molecule is CCCC(C)(O)CNS(=O)(=O)c1ccnc(Cl)c1. The van der Waals surface area contributed by atoms with Crippen molar-refractivity contribution in [1.82, 2.24) is 9.71 Å². The number of hydrogen-bond acceptors (Lipinski definition) is 4. The summed E-state index contributed by atoms with van der Waals surface area (Å²) in [6.45, 7) is 3.48. The molecule has 102 valence electrons. The summed E-state index contributed by atoms with van der Waals surface area (Å²) in [5, 5.41) is 10.0. The Morgan fingerprint density at radius 1 is 1.56 bits per heavy atom. The highest BCUT2D eigenvalue weighted by Crippen LogP contribution is 2.15. The largest absolute Gasteiger partial charge is 0.389 e. The number of pyridine rings is 1. The number of nitrogens with zero attached hydrogens (tertiary/aromatic N) is 1. The molecule has 1 atom stereocenters. The maximum absolute atomic E-state index is 11.9. The Kier molecular flexibility index (Phi) is 5.10. The Morgan fingerprint density at radius 3 is 2.78 bits per heavy atom. The van der Waals surface area contributed by atoms with Crippen LogP contribution >= 0.6 is 11.6 Å². The molecule has 18 heavy (non-hydrogen) atoms. The topological polar surface area (TPSA) is 79.3 Å². The van der Waals surface area contributed by atoms with E-state index in [9.17, 15) is 13.5 Å². The normalized spacial score (nSPS) is 15.3. The van der Waals surface area contributed by atoms with Crippen molar-refractivity contribution >= 4 is 21.6 Å². The Bertz CT molecular complexity index is 503. The van der Waals surface area contributed by atoms with Crippen LogP contribution in [0, 0.1) is 0 Å². The summed E-state index contributed by atoms with van der Waals surface area (Å²) in [6.07, 6.45) is 2.61. The molecular weight excluding hydrogens is 276 g/mol. The summed E-state index contributed by atoms with van der Waals surface area (Å²) in [5.41, 5.74) is -1.06. The zero-order chi connectivity index (χ0) is 13.8. The fourth-order valence-corrected chi connectivity index (χ4v) is 2.93. The summed E-state index contributed by atoms with van der Waals surface area (Å²) in [4.78, 5) is 3.75. The molecule has 1 rings (SSSR count). The predicted molar refractivity (Wildman–Crippen MR) is 70.0 cm³/mol. The van der Waals surface area contributed by atoms with Crippen LogP contribution in [0.5, 0.6) is 0 Å². The van der Waals surface area contributed by atoms with E-state index in [0.29, 0.717) is 6.42 Å². The van der Waals surface area contributed by atoms with Crippen LogP contribution in [0.4, 0.5) is 0 Å². The van der Waals surface area contributed by atoms with Crippen molar-refractivity contribution in [2.24, 2.45) is 0 Å². The van der Waals surface area contributed by atoms with E-state index in [1.165, 1.54) is 18.3 Å². The van der Waals surface area contributed by atoms with Crippen molar-refractivity contribution in [2.75, 3.05) is 6.54 Å². The quantitative estimate of drug-likeness (QED) is 0.780. The third-order valence-electron chi connectivity index (χ3n) is 2.44. The number of aromatic nitrogens is 1. The van der Waals surface area contributed by atoms with Gasteiger partial charge >= 0.3 is 0 Å². The number of aliphatic hydroxyl groups is 1. The first-order chi connectivity index (χ1) is 8.27. The van der Waals surface area contributed by atoms with Crippen molar-refractivity contribution in [2.45, 2.75) is 37.2 Å². The lowest BCUT2D eigenvalue weighted by Crippen LogP contribution is -2.40. The van der Waals surface area contributed by atoms with E-state index in [0.717, 1.165) is 6.42 Å². The van der Waals surface area contributed by atoms with Gasteiger partial charge < -0.3 is 5.11 Å². The van der Waals surface area contributed by atoms with Gasteiger partial charge in [-0.1, -0.05) is 24.9 Å². The van der Waals surface area contributed by atoms with Crippen LogP contribution in [0.1, 0.15) is 26.7 Å². The van der Waals surface area contributed by atoms with Crippen molar-refractivity contribution in [1.29, 1.82) is 0 Å². The van der Waals surface area contributed by atoms with E-state index in [2.05, 4.69) is 9.71 Å². The molecule has 1 unspecified atom stereocenters. The molecule has 0 aliphatic carbocycles. The van der Waals surface area contributed by atoms with Gasteiger partial charge in [-0.05, 0) is 25.5 Å². The predicted octanol–water partition coefficient (Wildman–Crippen LogP) is 1.56. The van der Waals surface area contributed by atoms with Gasteiger partial charge in [0.05, 0.1) is 10.5 Å². The van der Waals surface area contributed by atoms with E-state index >= 15 is 0 Å². The second kappa shape index (κ2) is 5.97. The van der Waals surface area contributed by atoms with Gasteiger partial charge in [-0.25, -0.2) is 18.1 Å². The highest BCUT2D eigenvalue weighted by Gasteiger charge is 2.23. The summed E-state index contributed by atoms with van der Waals surface area (Å²) in [5.74, 6) is 0. The molecule has 7 heteroatoms. The molecule has 0 spiro atoms. The highest BCUT2D eigenvalue weighted by atomic mass is 35.5. The number of rotatable bonds is 6. The lowest BCUT2D eigenvalue weighted by molar-refractivity contribution is 0.0554. The number of halogens is 1. The Morgan fingerprint density at radius 2 is 2.22 bits per heavy atom. The molecule has 0 saturated heterocycles. The first-order valence-electron chi connectivity index (χ1n) is 5.60. The van der Waals surface area contributed by atoms with Crippen molar-refractivity contribution in [3.8, 4) is 0 Å². The van der Waals surface area contributed by atoms with Crippen LogP contribution in [0.15, 0.2) is 23.2 Å². The lowest BCUT2D eigenvalue weighted by Gasteiger charge is -2.22. The van der Waals surface area contributed by atoms with E-state index < -0.39 is 15.6 Å². The lowest BCUT2D eigenvalue weighted by atomic mass is 10.0. The third-order valence-corrected chi connectivity index (χ3v) is 4.05. The molecule has 1 aromatic heterocycles. The van der Waals surface area contributed by atoms with Crippen LogP contribution < -0.4 is 4.72 Å². The molecular formula is C11H17ClN2O3S. The van der Waals surface area contributed by atoms with Gasteiger partial charge in [0.15, 0.2) is 0 Å². The van der Waals surface area contributed by atoms with Gasteiger partial charge in [-0.2, -0.15) is 0 Å². The van der Waals surface area contributed by atoms with E-state index in [1.54, 1.807) is 6.92 Å². The molecule has 0 saturated carbocycles. The van der Waals surface area contributed by atoms with Crippen LogP contribution in [-0.4, -0.2) is 30.7 Å². The summed E-state index contributed by atoms with van der Waals surface area (Å²) in [6, 6.07) is 2.61. The summed E-state index contributed by atoms with van der Waals surface area (Å²) in [7, 11) is -3.67. The minimum absolute atomic E-state index is 0.0369. The number of hydrogen-bond donors (Lipinski definition) is 2. The van der Waals surface area contributed by atoms with Gasteiger partial charge in [-0.3, -0.25) is 0 Å². The second-order valence-electron chi connectivity index (χ2n) is 4.39. The first kappa shape index (κ1) is 15.4. The molecule has 0 aromatic carbocycles. The van der Waals surface area contributed by atoms with Gasteiger partial charge in [0.2, 0.25) is 10.0 Å². The van der Waals surface area contributed by atoms with Crippen LogP contribution in [-0.2, 0) is 10.0 Å². The van der Waals surface area contributed by atoms with Gasteiger partial charge in [0.1, 0.15) is 5.15 Å². The third kappa shape index (κ3) is 4.53.